The molecule has 4 rings (SSSR count). The third-order valence-corrected chi connectivity index (χ3v) is 7.52. The molecular formula is C19H28O2. The van der Waals surface area contributed by atoms with Crippen LogP contribution in [0.1, 0.15) is 71.6 Å². The maximum Gasteiger partial charge on any atom is 0.139 e. The van der Waals surface area contributed by atoms with E-state index in [1.54, 1.807) is 11.1 Å². The van der Waals surface area contributed by atoms with Crippen molar-refractivity contribution < 1.29 is 9.90 Å². The molecular weight excluding hydrogens is 260 g/mol. The van der Waals surface area contributed by atoms with Crippen molar-refractivity contribution in [2.45, 2.75) is 77.7 Å². The maximum atomic E-state index is 12.3. The van der Waals surface area contributed by atoms with Crippen LogP contribution in [-0.4, -0.2) is 17.0 Å². The van der Waals surface area contributed by atoms with Gasteiger partial charge in [0.15, 0.2) is 0 Å². The lowest BCUT2D eigenvalue weighted by atomic mass is 9.53. The first-order valence-corrected chi connectivity index (χ1v) is 8.88. The van der Waals surface area contributed by atoms with Gasteiger partial charge in [-0.3, -0.25) is 4.79 Å². The van der Waals surface area contributed by atoms with Crippen LogP contribution >= 0.6 is 0 Å². The van der Waals surface area contributed by atoms with E-state index in [0.29, 0.717) is 17.6 Å². The number of carbonyl (C=O) groups is 1. The average molecular weight is 288 g/mol. The number of ketones is 1. The van der Waals surface area contributed by atoms with Crippen LogP contribution in [0, 0.1) is 22.7 Å². The summed E-state index contributed by atoms with van der Waals surface area (Å²) < 4.78 is 0. The molecule has 4 aliphatic carbocycles. The molecule has 0 bridgehead atoms. The van der Waals surface area contributed by atoms with E-state index in [4.69, 9.17) is 0 Å². The third kappa shape index (κ3) is 1.84. The van der Waals surface area contributed by atoms with Crippen molar-refractivity contribution in [2.24, 2.45) is 22.7 Å². The molecule has 0 aromatic carbocycles. The minimum atomic E-state index is -0.0992. The largest absolute Gasteiger partial charge is 0.393 e. The summed E-state index contributed by atoms with van der Waals surface area (Å²) in [5.41, 5.74) is 3.63. The summed E-state index contributed by atoms with van der Waals surface area (Å²) >= 11 is 0. The Morgan fingerprint density at radius 3 is 2.67 bits per heavy atom. The van der Waals surface area contributed by atoms with Gasteiger partial charge in [-0.25, -0.2) is 0 Å². The molecule has 0 aromatic heterocycles. The number of fused-ring (bicyclic) bond motifs is 4. The predicted molar refractivity (Wildman–Crippen MR) is 82.8 cm³/mol. The second-order valence-electron chi connectivity index (χ2n) is 8.59. The Morgan fingerprint density at radius 1 is 1.05 bits per heavy atom. The fourth-order valence-corrected chi connectivity index (χ4v) is 6.27. The van der Waals surface area contributed by atoms with E-state index in [1.165, 1.54) is 12.8 Å². The Balaban J connectivity index is 1.73. The van der Waals surface area contributed by atoms with Crippen molar-refractivity contribution >= 4 is 5.78 Å². The molecule has 3 saturated carbocycles. The Hall–Kier alpha value is -0.630. The second-order valence-corrected chi connectivity index (χ2v) is 8.59. The van der Waals surface area contributed by atoms with Gasteiger partial charge in [-0.05, 0) is 68.6 Å². The fourth-order valence-electron chi connectivity index (χ4n) is 6.27. The van der Waals surface area contributed by atoms with Crippen LogP contribution in [0.5, 0.6) is 0 Å². The van der Waals surface area contributed by atoms with E-state index >= 15 is 0 Å². The second kappa shape index (κ2) is 4.44. The van der Waals surface area contributed by atoms with Gasteiger partial charge in [-0.15, -0.1) is 0 Å². The van der Waals surface area contributed by atoms with Crippen LogP contribution in [0.3, 0.4) is 0 Å². The molecule has 4 aliphatic rings. The number of allylic oxidation sites excluding steroid dienone is 2. The monoisotopic (exact) mass is 288 g/mol. The Morgan fingerprint density at radius 2 is 1.86 bits per heavy atom. The molecule has 2 heteroatoms. The van der Waals surface area contributed by atoms with Crippen molar-refractivity contribution in [3.05, 3.63) is 11.1 Å². The summed E-state index contributed by atoms with van der Waals surface area (Å²) in [5, 5.41) is 10.1. The fraction of sp³-hybridized carbons (Fsp3) is 0.842. The average Bonchev–Trinajstić information content (AvgIpc) is 2.73. The van der Waals surface area contributed by atoms with Crippen LogP contribution in [0.15, 0.2) is 11.1 Å². The Labute approximate surface area is 128 Å². The highest BCUT2D eigenvalue weighted by Gasteiger charge is 2.55. The number of hydrogen-bond acceptors (Lipinski definition) is 2. The Bertz CT molecular complexity index is 520. The summed E-state index contributed by atoms with van der Waals surface area (Å²) in [6.45, 7) is 4.62. The van der Waals surface area contributed by atoms with Crippen LogP contribution in [-0.2, 0) is 4.79 Å². The number of rotatable bonds is 0. The quantitative estimate of drug-likeness (QED) is 0.683. The van der Waals surface area contributed by atoms with Gasteiger partial charge in [-0.2, -0.15) is 0 Å². The topological polar surface area (TPSA) is 37.3 Å². The smallest absolute Gasteiger partial charge is 0.139 e. The molecule has 5 atom stereocenters. The predicted octanol–water partition coefficient (Wildman–Crippen LogP) is 4.02. The van der Waals surface area contributed by atoms with Gasteiger partial charge in [0, 0.05) is 11.8 Å². The van der Waals surface area contributed by atoms with Gasteiger partial charge in [0.1, 0.15) is 5.78 Å². The number of carbonyl (C=O) groups excluding carboxylic acids is 1. The zero-order valence-electron chi connectivity index (χ0n) is 13.5. The molecule has 0 radical (unpaired) electrons. The highest BCUT2D eigenvalue weighted by molar-refractivity contribution is 5.87. The molecule has 0 saturated heterocycles. The van der Waals surface area contributed by atoms with E-state index in [-0.39, 0.29) is 16.9 Å². The SMILES string of the molecule is C[C@]12CC[C@@H]3C(=C1CC[C@H](O)C2)CC[C@]1(C)C(=O)CC[C@@H]31. The highest BCUT2D eigenvalue weighted by atomic mass is 16.3. The van der Waals surface area contributed by atoms with Crippen LogP contribution in [0.4, 0.5) is 0 Å². The molecule has 116 valence electrons. The third-order valence-electron chi connectivity index (χ3n) is 7.52. The van der Waals surface area contributed by atoms with Crippen LogP contribution in [0.25, 0.3) is 0 Å². The Kier molecular flexibility index (Phi) is 2.96. The first-order valence-electron chi connectivity index (χ1n) is 8.88. The lowest BCUT2D eigenvalue weighted by Crippen LogP contribution is -2.44. The first-order chi connectivity index (χ1) is 9.94. The maximum absolute atomic E-state index is 12.3. The van der Waals surface area contributed by atoms with Gasteiger partial charge in [0.2, 0.25) is 0 Å². The van der Waals surface area contributed by atoms with Crippen molar-refractivity contribution in [1.82, 2.24) is 0 Å². The molecule has 21 heavy (non-hydrogen) atoms. The number of aliphatic hydroxyl groups is 1. The van der Waals surface area contributed by atoms with Gasteiger partial charge >= 0.3 is 0 Å². The zero-order chi connectivity index (χ0) is 14.8. The molecule has 1 N–H and O–H groups in total. The van der Waals surface area contributed by atoms with E-state index < -0.39 is 0 Å². The standard InChI is InChI=1S/C19H28O2/c1-18-9-7-14-13(15(18)4-3-12(20)11-18)8-10-19(2)16(14)5-6-17(19)21/h12,14,16,20H,3-11H2,1-2H3/t12-,14+,16-,18+,19-/m0/s1. The summed E-state index contributed by atoms with van der Waals surface area (Å²) in [7, 11) is 0. The number of Topliss-reactive ketones (excluding diaryl/α,β-unsaturated/α-hetero) is 1. The molecule has 0 unspecified atom stereocenters. The molecule has 2 nitrogen and oxygen atoms in total. The summed E-state index contributed by atoms with van der Waals surface area (Å²) in [5.74, 6) is 1.81. The summed E-state index contributed by atoms with van der Waals surface area (Å²) in [4.78, 5) is 12.3. The van der Waals surface area contributed by atoms with Crippen molar-refractivity contribution in [3.63, 3.8) is 0 Å². The molecule has 3 fully saturated rings. The minimum Gasteiger partial charge on any atom is -0.393 e. The first kappa shape index (κ1) is 14.0. The van der Waals surface area contributed by atoms with Gasteiger partial charge in [0.05, 0.1) is 6.10 Å². The van der Waals surface area contributed by atoms with Gasteiger partial charge in [-0.1, -0.05) is 25.0 Å². The summed E-state index contributed by atoms with van der Waals surface area (Å²) in [6.07, 6.45) is 9.52. The minimum absolute atomic E-state index is 0.0172. The highest BCUT2D eigenvalue weighted by Crippen LogP contribution is 2.61. The van der Waals surface area contributed by atoms with E-state index in [0.717, 1.165) is 44.9 Å². The molecule has 0 amide bonds. The molecule has 0 spiro atoms. The van der Waals surface area contributed by atoms with Gasteiger partial charge < -0.3 is 5.11 Å². The normalized spacial score (nSPS) is 49.7. The van der Waals surface area contributed by atoms with Crippen LogP contribution < -0.4 is 0 Å². The van der Waals surface area contributed by atoms with Gasteiger partial charge in [0.25, 0.3) is 0 Å². The van der Waals surface area contributed by atoms with Crippen molar-refractivity contribution in [3.8, 4) is 0 Å². The summed E-state index contributed by atoms with van der Waals surface area (Å²) in [6, 6.07) is 0. The van der Waals surface area contributed by atoms with Crippen molar-refractivity contribution in [2.75, 3.05) is 0 Å². The molecule has 0 heterocycles. The molecule has 0 aliphatic heterocycles. The van der Waals surface area contributed by atoms with Crippen LogP contribution in [0.2, 0.25) is 0 Å². The van der Waals surface area contributed by atoms with Crippen molar-refractivity contribution in [1.29, 1.82) is 0 Å². The van der Waals surface area contributed by atoms with E-state index in [1.807, 2.05) is 0 Å². The van der Waals surface area contributed by atoms with E-state index in [2.05, 4.69) is 13.8 Å². The van der Waals surface area contributed by atoms with E-state index in [9.17, 15) is 9.90 Å². The lowest BCUT2D eigenvalue weighted by molar-refractivity contribution is -0.128. The zero-order valence-corrected chi connectivity index (χ0v) is 13.5. The number of aliphatic hydroxyl groups excluding tert-OH is 1. The number of hydrogen-bond donors (Lipinski definition) is 1. The lowest BCUT2D eigenvalue weighted by Gasteiger charge is -2.52. The molecule has 0 aromatic rings.